The number of ether oxygens (including phenoxy) is 1. The number of carbonyl (C=O) groups is 2. The van der Waals surface area contributed by atoms with Gasteiger partial charge in [-0.2, -0.15) is 23.0 Å². The van der Waals surface area contributed by atoms with Crippen molar-refractivity contribution in [3.63, 3.8) is 0 Å². The summed E-state index contributed by atoms with van der Waals surface area (Å²) in [4.78, 5) is 24.9. The lowest BCUT2D eigenvalue weighted by Crippen LogP contribution is -2.22. The molecule has 1 heterocycles. The van der Waals surface area contributed by atoms with E-state index >= 15 is 0 Å². The number of esters is 1. The maximum absolute atomic E-state index is 14.9. The minimum Gasteiger partial charge on any atom is -0.465 e. The number of alkyl halides is 3. The van der Waals surface area contributed by atoms with E-state index in [-0.39, 0.29) is 23.4 Å². The Hall–Kier alpha value is -3.27. The third kappa shape index (κ3) is 4.06. The van der Waals surface area contributed by atoms with E-state index < -0.39 is 51.4 Å². The standard InChI is InChI=1S/C23H16ClF5N2O3/c1-34-22(33)11-9-15(25)19(16(26)10-11)20-12-5-2-3-8-17(12)31(30-20)21(32)18-13(23(27,28)29)6-4-7-14(18)24/h4,6-7,9-10H,2-3,5,8H2,1H3. The molecule has 34 heavy (non-hydrogen) atoms. The Balaban J connectivity index is 1.92. The van der Waals surface area contributed by atoms with Crippen LogP contribution in [0.3, 0.4) is 0 Å². The van der Waals surface area contributed by atoms with Gasteiger partial charge in [0.05, 0.1) is 40.1 Å². The van der Waals surface area contributed by atoms with Gasteiger partial charge in [0.15, 0.2) is 0 Å². The SMILES string of the molecule is COC(=O)c1cc(F)c(-c2nn(C(=O)c3c(Cl)cccc3C(F)(F)F)c3c2CCCC3)c(F)c1. The van der Waals surface area contributed by atoms with E-state index in [4.69, 9.17) is 11.6 Å². The van der Waals surface area contributed by atoms with Crippen molar-refractivity contribution < 1.29 is 36.3 Å². The molecule has 1 aliphatic carbocycles. The number of halogens is 6. The molecule has 0 atom stereocenters. The molecule has 0 amide bonds. The molecule has 0 N–H and O–H groups in total. The Bertz CT molecular complexity index is 1290. The maximum Gasteiger partial charge on any atom is 0.417 e. The zero-order chi connectivity index (χ0) is 24.8. The van der Waals surface area contributed by atoms with Gasteiger partial charge in [-0.25, -0.2) is 13.6 Å². The normalized spacial score (nSPS) is 13.5. The lowest BCUT2D eigenvalue weighted by Gasteiger charge is -2.16. The number of hydrogen-bond donors (Lipinski definition) is 0. The van der Waals surface area contributed by atoms with Crippen LogP contribution in [0.25, 0.3) is 11.3 Å². The third-order valence-electron chi connectivity index (χ3n) is 5.61. The molecule has 0 spiro atoms. The van der Waals surface area contributed by atoms with Gasteiger partial charge in [-0.3, -0.25) is 4.79 Å². The molecule has 5 nitrogen and oxygen atoms in total. The Morgan fingerprint density at radius 3 is 2.35 bits per heavy atom. The van der Waals surface area contributed by atoms with E-state index in [0.717, 1.165) is 42.1 Å². The van der Waals surface area contributed by atoms with Gasteiger partial charge in [-0.05, 0) is 49.9 Å². The van der Waals surface area contributed by atoms with Crippen molar-refractivity contribution in [2.45, 2.75) is 31.9 Å². The lowest BCUT2D eigenvalue weighted by molar-refractivity contribution is -0.137. The Morgan fingerprint density at radius 1 is 1.09 bits per heavy atom. The van der Waals surface area contributed by atoms with Crippen molar-refractivity contribution in [1.82, 2.24) is 9.78 Å². The number of benzene rings is 2. The van der Waals surface area contributed by atoms with Crippen LogP contribution in [0, 0.1) is 11.6 Å². The van der Waals surface area contributed by atoms with Crippen molar-refractivity contribution >= 4 is 23.5 Å². The fraction of sp³-hybridized carbons (Fsp3) is 0.261. The van der Waals surface area contributed by atoms with Gasteiger partial charge in [0, 0.05) is 5.56 Å². The van der Waals surface area contributed by atoms with Crippen molar-refractivity contribution in [2.75, 3.05) is 7.11 Å². The Morgan fingerprint density at radius 2 is 1.74 bits per heavy atom. The molecule has 0 unspecified atom stereocenters. The summed E-state index contributed by atoms with van der Waals surface area (Å²) in [6.45, 7) is 0. The van der Waals surface area contributed by atoms with E-state index in [0.29, 0.717) is 24.8 Å². The first kappa shape index (κ1) is 23.9. The molecule has 0 radical (unpaired) electrons. The molecule has 178 valence electrons. The summed E-state index contributed by atoms with van der Waals surface area (Å²) in [5.41, 5.74) is -2.61. The molecule has 2 aromatic carbocycles. The van der Waals surface area contributed by atoms with Crippen molar-refractivity contribution in [1.29, 1.82) is 0 Å². The highest BCUT2D eigenvalue weighted by atomic mass is 35.5. The second kappa shape index (κ2) is 8.83. The largest absolute Gasteiger partial charge is 0.465 e. The van der Waals surface area contributed by atoms with Crippen LogP contribution in [0.2, 0.25) is 5.02 Å². The van der Waals surface area contributed by atoms with Crippen LogP contribution >= 0.6 is 11.6 Å². The number of hydrogen-bond acceptors (Lipinski definition) is 4. The number of carbonyl (C=O) groups excluding carboxylic acids is 2. The predicted molar refractivity (Wildman–Crippen MR) is 112 cm³/mol. The van der Waals surface area contributed by atoms with Gasteiger partial charge in [0.25, 0.3) is 5.91 Å². The number of rotatable bonds is 3. The first-order valence-corrected chi connectivity index (χ1v) is 10.5. The first-order valence-electron chi connectivity index (χ1n) is 10.1. The van der Waals surface area contributed by atoms with Gasteiger partial charge >= 0.3 is 12.1 Å². The Labute approximate surface area is 195 Å². The number of aromatic nitrogens is 2. The highest BCUT2D eigenvalue weighted by Gasteiger charge is 2.38. The number of methoxy groups -OCH3 is 1. The fourth-order valence-electron chi connectivity index (χ4n) is 4.09. The van der Waals surface area contributed by atoms with Crippen LogP contribution in [-0.2, 0) is 23.8 Å². The summed E-state index contributed by atoms with van der Waals surface area (Å²) >= 11 is 5.97. The molecule has 0 saturated heterocycles. The average Bonchev–Trinajstić information content (AvgIpc) is 3.16. The summed E-state index contributed by atoms with van der Waals surface area (Å²) in [6.07, 6.45) is -3.06. The summed E-state index contributed by atoms with van der Waals surface area (Å²) in [6, 6.07) is 4.48. The van der Waals surface area contributed by atoms with Crippen LogP contribution < -0.4 is 0 Å². The van der Waals surface area contributed by atoms with Crippen LogP contribution in [-0.4, -0.2) is 28.8 Å². The molecule has 1 aromatic heterocycles. The molecule has 3 aromatic rings. The zero-order valence-corrected chi connectivity index (χ0v) is 18.4. The van der Waals surface area contributed by atoms with E-state index in [1.54, 1.807) is 0 Å². The second-order valence-electron chi connectivity index (χ2n) is 7.66. The summed E-state index contributed by atoms with van der Waals surface area (Å²) in [7, 11) is 1.06. The smallest absolute Gasteiger partial charge is 0.417 e. The molecule has 11 heteroatoms. The van der Waals surface area contributed by atoms with Crippen LogP contribution in [0.15, 0.2) is 30.3 Å². The van der Waals surface area contributed by atoms with Crippen molar-refractivity contribution in [2.24, 2.45) is 0 Å². The molecule has 4 rings (SSSR count). The van der Waals surface area contributed by atoms with Gasteiger partial charge in [-0.15, -0.1) is 0 Å². The van der Waals surface area contributed by atoms with Gasteiger partial charge in [-0.1, -0.05) is 17.7 Å². The van der Waals surface area contributed by atoms with E-state index in [2.05, 4.69) is 9.84 Å². The summed E-state index contributed by atoms with van der Waals surface area (Å²) in [5, 5.41) is 3.63. The Kier molecular flexibility index (Phi) is 6.20. The predicted octanol–water partition coefficient (Wildman–Crippen LogP) is 5.85. The lowest BCUT2D eigenvalue weighted by atomic mass is 9.92. The number of nitrogens with zero attached hydrogens (tertiary/aromatic N) is 2. The third-order valence-corrected chi connectivity index (χ3v) is 5.92. The zero-order valence-electron chi connectivity index (χ0n) is 17.6. The van der Waals surface area contributed by atoms with Gasteiger partial charge < -0.3 is 4.74 Å². The average molecular weight is 499 g/mol. The number of fused-ring (bicyclic) bond motifs is 1. The van der Waals surface area contributed by atoms with E-state index in [9.17, 15) is 31.5 Å². The van der Waals surface area contributed by atoms with Crippen LogP contribution in [0.5, 0.6) is 0 Å². The highest BCUT2D eigenvalue weighted by Crippen LogP contribution is 2.38. The second-order valence-corrected chi connectivity index (χ2v) is 8.07. The molecular weight excluding hydrogens is 483 g/mol. The highest BCUT2D eigenvalue weighted by molar-refractivity contribution is 6.34. The van der Waals surface area contributed by atoms with Crippen LogP contribution in [0.4, 0.5) is 22.0 Å². The monoisotopic (exact) mass is 498 g/mol. The quantitative estimate of drug-likeness (QED) is 0.335. The molecule has 0 aliphatic heterocycles. The van der Waals surface area contributed by atoms with Crippen LogP contribution in [0.1, 0.15) is 50.4 Å². The maximum atomic E-state index is 14.9. The molecule has 0 fully saturated rings. The first-order chi connectivity index (χ1) is 16.0. The van der Waals surface area contributed by atoms with Gasteiger partial charge in [0.1, 0.15) is 17.3 Å². The molecule has 0 saturated carbocycles. The van der Waals surface area contributed by atoms with E-state index in [1.165, 1.54) is 0 Å². The minimum absolute atomic E-state index is 0.213. The minimum atomic E-state index is -4.87. The summed E-state index contributed by atoms with van der Waals surface area (Å²) in [5.74, 6) is -4.36. The molecular formula is C23H16ClF5N2O3. The van der Waals surface area contributed by atoms with Gasteiger partial charge in [0.2, 0.25) is 0 Å². The molecule has 0 bridgehead atoms. The molecule has 1 aliphatic rings. The fourth-order valence-corrected chi connectivity index (χ4v) is 4.34. The van der Waals surface area contributed by atoms with Crippen molar-refractivity contribution in [3.05, 3.63) is 74.9 Å². The van der Waals surface area contributed by atoms with E-state index in [1.807, 2.05) is 0 Å². The summed E-state index contributed by atoms with van der Waals surface area (Å²) < 4.78 is 75.8. The van der Waals surface area contributed by atoms with Crippen molar-refractivity contribution in [3.8, 4) is 11.3 Å². The topological polar surface area (TPSA) is 61.2 Å².